The summed E-state index contributed by atoms with van der Waals surface area (Å²) in [5, 5.41) is 16.2. The summed E-state index contributed by atoms with van der Waals surface area (Å²) in [6, 6.07) is 4.47. The topological polar surface area (TPSA) is 70.6 Å². The van der Waals surface area contributed by atoms with E-state index in [1.165, 1.54) is 0 Å². The van der Waals surface area contributed by atoms with Crippen LogP contribution in [0.15, 0.2) is 18.2 Å². The van der Waals surface area contributed by atoms with E-state index in [1.807, 2.05) is 6.92 Å². The molecule has 0 fully saturated rings. The molecule has 0 saturated carbocycles. The highest BCUT2D eigenvalue weighted by Gasteiger charge is 2.14. The number of carbonyl (C=O) groups excluding carboxylic acids is 1. The van der Waals surface area contributed by atoms with Crippen LogP contribution < -0.4 is 10.6 Å². The molecule has 7 heteroatoms. The van der Waals surface area contributed by atoms with Gasteiger partial charge in [0.2, 0.25) is 0 Å². The Kier molecular flexibility index (Phi) is 7.82. The molecule has 0 bridgehead atoms. The average molecular weight is 335 g/mol. The van der Waals surface area contributed by atoms with Crippen LogP contribution in [0.5, 0.6) is 0 Å². The Balaban J connectivity index is 2.41. The molecule has 1 aromatic rings. The lowest BCUT2D eigenvalue weighted by Crippen LogP contribution is -2.42. The van der Waals surface area contributed by atoms with Crippen molar-refractivity contribution in [1.29, 1.82) is 0 Å². The monoisotopic (exact) mass is 334 g/mol. The number of benzene rings is 1. The van der Waals surface area contributed by atoms with Crippen molar-refractivity contribution in [1.82, 2.24) is 10.6 Å². The summed E-state index contributed by atoms with van der Waals surface area (Å²) in [6.07, 6.45) is -0.176. The highest BCUT2D eigenvalue weighted by molar-refractivity contribution is 6.35. The van der Waals surface area contributed by atoms with Crippen LogP contribution in [0.1, 0.15) is 25.0 Å². The maximum absolute atomic E-state index is 11.7. The van der Waals surface area contributed by atoms with Gasteiger partial charge in [0.25, 0.3) is 0 Å². The molecule has 3 N–H and O–H groups in total. The van der Waals surface area contributed by atoms with E-state index in [4.69, 9.17) is 27.9 Å². The van der Waals surface area contributed by atoms with E-state index in [2.05, 4.69) is 10.6 Å². The van der Waals surface area contributed by atoms with E-state index in [9.17, 15) is 9.90 Å². The predicted molar refractivity (Wildman–Crippen MR) is 83.9 cm³/mol. The van der Waals surface area contributed by atoms with Crippen LogP contribution in [0.3, 0.4) is 0 Å². The Bertz CT molecular complexity index is 472. The third-order valence-electron chi connectivity index (χ3n) is 2.91. The second-order valence-corrected chi connectivity index (χ2v) is 5.56. The smallest absolute Gasteiger partial charge is 0.315 e. The first-order valence-electron chi connectivity index (χ1n) is 6.60. The van der Waals surface area contributed by atoms with Gasteiger partial charge in [0.15, 0.2) is 0 Å². The van der Waals surface area contributed by atoms with Gasteiger partial charge >= 0.3 is 6.03 Å². The van der Waals surface area contributed by atoms with Crippen molar-refractivity contribution >= 4 is 29.2 Å². The van der Waals surface area contributed by atoms with Crippen molar-refractivity contribution in [3.63, 3.8) is 0 Å². The van der Waals surface area contributed by atoms with Crippen LogP contribution in [0.2, 0.25) is 10.0 Å². The van der Waals surface area contributed by atoms with Gasteiger partial charge < -0.3 is 20.5 Å². The van der Waals surface area contributed by atoms with Gasteiger partial charge in [-0.2, -0.15) is 0 Å². The van der Waals surface area contributed by atoms with Crippen molar-refractivity contribution in [2.75, 3.05) is 20.3 Å². The summed E-state index contributed by atoms with van der Waals surface area (Å²) >= 11 is 11.8. The molecular weight excluding hydrogens is 315 g/mol. The zero-order valence-electron chi connectivity index (χ0n) is 12.0. The second kappa shape index (κ2) is 9.10. The number of methoxy groups -OCH3 is 1. The minimum absolute atomic E-state index is 0.0128. The number of amides is 2. The van der Waals surface area contributed by atoms with E-state index in [-0.39, 0.29) is 18.6 Å². The van der Waals surface area contributed by atoms with Crippen molar-refractivity contribution in [3.8, 4) is 0 Å². The third-order valence-corrected chi connectivity index (χ3v) is 3.47. The van der Waals surface area contributed by atoms with E-state index in [1.54, 1.807) is 25.3 Å². The first-order valence-corrected chi connectivity index (χ1v) is 7.36. The van der Waals surface area contributed by atoms with Crippen molar-refractivity contribution < 1.29 is 14.6 Å². The fourth-order valence-electron chi connectivity index (χ4n) is 1.71. The number of halogens is 2. The Labute approximate surface area is 134 Å². The molecule has 1 aromatic carbocycles. The van der Waals surface area contributed by atoms with Gasteiger partial charge in [0.1, 0.15) is 0 Å². The molecule has 2 amide bonds. The summed E-state index contributed by atoms with van der Waals surface area (Å²) in [5.74, 6) is 0. The molecule has 0 unspecified atom stereocenters. The zero-order valence-corrected chi connectivity index (χ0v) is 13.5. The Morgan fingerprint density at radius 1 is 1.43 bits per heavy atom. The number of hydrogen-bond acceptors (Lipinski definition) is 3. The molecule has 2 atom stereocenters. The van der Waals surface area contributed by atoms with Crippen molar-refractivity contribution in [2.45, 2.75) is 25.5 Å². The van der Waals surface area contributed by atoms with Gasteiger partial charge in [-0.3, -0.25) is 0 Å². The Hall–Kier alpha value is -1.01. The maximum Gasteiger partial charge on any atom is 0.315 e. The van der Waals surface area contributed by atoms with Crippen LogP contribution in [0, 0.1) is 0 Å². The number of urea groups is 1. The summed E-state index contributed by atoms with van der Waals surface area (Å²) in [4.78, 5) is 11.7. The van der Waals surface area contributed by atoms with Crippen LogP contribution in [0.4, 0.5) is 4.79 Å². The number of aliphatic hydroxyl groups is 1. The third kappa shape index (κ3) is 6.52. The fourth-order valence-corrected chi connectivity index (χ4v) is 2.25. The zero-order chi connectivity index (χ0) is 15.8. The van der Waals surface area contributed by atoms with Gasteiger partial charge in [-0.25, -0.2) is 4.79 Å². The quantitative estimate of drug-likeness (QED) is 0.718. The summed E-state index contributed by atoms with van der Waals surface area (Å²) in [5.41, 5.74) is 0.522. The molecule has 0 heterocycles. The van der Waals surface area contributed by atoms with E-state index in [0.717, 1.165) is 6.42 Å². The van der Waals surface area contributed by atoms with E-state index in [0.29, 0.717) is 22.2 Å². The Morgan fingerprint density at radius 2 is 2.14 bits per heavy atom. The molecular formula is C14H20Cl2N2O3. The molecule has 118 valence electrons. The molecule has 5 nitrogen and oxygen atoms in total. The minimum atomic E-state index is -0.894. The summed E-state index contributed by atoms with van der Waals surface area (Å²) in [7, 11) is 1.61. The normalized spacial score (nSPS) is 13.6. The lowest BCUT2D eigenvalue weighted by atomic mass is 10.1. The van der Waals surface area contributed by atoms with Gasteiger partial charge in [-0.05, 0) is 25.5 Å². The van der Waals surface area contributed by atoms with Gasteiger partial charge in [0, 0.05) is 41.9 Å². The highest BCUT2D eigenvalue weighted by Crippen LogP contribution is 2.25. The number of hydrogen-bond donors (Lipinski definition) is 3. The predicted octanol–water partition coefficient (Wildman–Crippen LogP) is 2.75. The van der Waals surface area contributed by atoms with Gasteiger partial charge in [-0.1, -0.05) is 29.3 Å². The molecule has 0 aliphatic rings. The second-order valence-electron chi connectivity index (χ2n) is 4.72. The van der Waals surface area contributed by atoms with E-state index >= 15 is 0 Å². The first kappa shape index (κ1) is 18.0. The lowest BCUT2D eigenvalue weighted by Gasteiger charge is -2.17. The standard InChI is InChI=1S/C14H20Cl2N2O3/c1-9(5-6-21-2)18-14(20)17-8-13(19)11-4-3-10(15)7-12(11)16/h3-4,7,9,13,19H,5-6,8H2,1-2H3,(H2,17,18,20)/t9-,13-/m0/s1. The first-order chi connectivity index (χ1) is 9.93. The molecule has 0 aliphatic heterocycles. The molecule has 1 rings (SSSR count). The summed E-state index contributed by atoms with van der Waals surface area (Å²) in [6.45, 7) is 2.51. The lowest BCUT2D eigenvalue weighted by molar-refractivity contribution is 0.169. The van der Waals surface area contributed by atoms with Crippen molar-refractivity contribution in [3.05, 3.63) is 33.8 Å². The van der Waals surface area contributed by atoms with Crippen LogP contribution in [0.25, 0.3) is 0 Å². The van der Waals surface area contributed by atoms with Crippen LogP contribution in [-0.2, 0) is 4.74 Å². The number of carbonyl (C=O) groups is 1. The molecule has 21 heavy (non-hydrogen) atoms. The van der Waals surface area contributed by atoms with Crippen molar-refractivity contribution in [2.24, 2.45) is 0 Å². The highest BCUT2D eigenvalue weighted by atomic mass is 35.5. The molecule has 0 aromatic heterocycles. The number of ether oxygens (including phenoxy) is 1. The minimum Gasteiger partial charge on any atom is -0.387 e. The largest absolute Gasteiger partial charge is 0.387 e. The molecule has 0 saturated heterocycles. The van der Waals surface area contributed by atoms with E-state index < -0.39 is 6.10 Å². The molecule has 0 spiro atoms. The summed E-state index contributed by atoms with van der Waals surface area (Å²) < 4.78 is 4.94. The molecule has 0 radical (unpaired) electrons. The maximum atomic E-state index is 11.7. The number of rotatable bonds is 7. The number of nitrogens with one attached hydrogen (secondary N) is 2. The van der Waals surface area contributed by atoms with Crippen LogP contribution >= 0.6 is 23.2 Å². The van der Waals surface area contributed by atoms with Crippen LogP contribution in [-0.4, -0.2) is 37.4 Å². The molecule has 0 aliphatic carbocycles. The Morgan fingerprint density at radius 3 is 2.76 bits per heavy atom. The van der Waals surface area contributed by atoms with Gasteiger partial charge in [-0.15, -0.1) is 0 Å². The fraction of sp³-hybridized carbons (Fsp3) is 0.500. The van der Waals surface area contributed by atoms with Gasteiger partial charge in [0.05, 0.1) is 6.10 Å². The SMILES string of the molecule is COCC[C@H](C)NC(=O)NC[C@H](O)c1ccc(Cl)cc1Cl. The average Bonchev–Trinajstić information content (AvgIpc) is 2.42. The number of aliphatic hydroxyl groups excluding tert-OH is 1.